The van der Waals surface area contributed by atoms with Gasteiger partial charge in [-0.15, -0.1) is 0 Å². The Morgan fingerprint density at radius 2 is 1.93 bits per heavy atom. The molecule has 1 aromatic heterocycles. The van der Waals surface area contributed by atoms with Gasteiger partial charge in [0.1, 0.15) is 5.41 Å². The van der Waals surface area contributed by atoms with Gasteiger partial charge in [-0.2, -0.15) is 13.2 Å². The molecule has 0 atom stereocenters. The summed E-state index contributed by atoms with van der Waals surface area (Å²) in [5.74, 6) is 0. The Bertz CT molecular complexity index is 347. The van der Waals surface area contributed by atoms with E-state index in [9.17, 15) is 13.2 Å². The van der Waals surface area contributed by atoms with E-state index in [2.05, 4.69) is 4.98 Å². The molecule has 0 bridgehead atoms. The maximum Gasteiger partial charge on any atom is 0.399 e. The molecule has 0 aromatic carbocycles. The standard InChI is InChI=1S/C10H12F3NO/c1-9(2,10(11,12)13)8-5-7(6-15)3-4-14-8/h3-5,15H,6H2,1-2H3. The number of aliphatic hydroxyl groups excluding tert-OH is 1. The third-order valence-electron chi connectivity index (χ3n) is 2.36. The molecule has 15 heavy (non-hydrogen) atoms. The van der Waals surface area contributed by atoms with Crippen molar-refractivity contribution in [1.82, 2.24) is 4.98 Å². The zero-order chi connectivity index (χ0) is 11.7. The molecule has 0 aliphatic rings. The van der Waals surface area contributed by atoms with Crippen molar-refractivity contribution < 1.29 is 18.3 Å². The van der Waals surface area contributed by atoms with Crippen LogP contribution >= 0.6 is 0 Å². The smallest absolute Gasteiger partial charge is 0.392 e. The SMILES string of the molecule is CC(C)(c1cc(CO)ccn1)C(F)(F)F. The van der Waals surface area contributed by atoms with Crippen LogP contribution in [0.25, 0.3) is 0 Å². The molecule has 0 unspecified atom stereocenters. The Morgan fingerprint density at radius 3 is 2.40 bits per heavy atom. The molecule has 1 N–H and O–H groups in total. The van der Waals surface area contributed by atoms with Crippen LogP contribution < -0.4 is 0 Å². The number of hydrogen-bond acceptors (Lipinski definition) is 2. The summed E-state index contributed by atoms with van der Waals surface area (Å²) in [6, 6.07) is 2.75. The van der Waals surface area contributed by atoms with E-state index in [0.29, 0.717) is 5.56 Å². The zero-order valence-corrected chi connectivity index (χ0v) is 8.47. The number of rotatable bonds is 2. The monoisotopic (exact) mass is 219 g/mol. The molecule has 1 heterocycles. The molecule has 0 saturated carbocycles. The molecule has 0 amide bonds. The first-order valence-corrected chi connectivity index (χ1v) is 4.42. The van der Waals surface area contributed by atoms with Crippen molar-refractivity contribution in [2.45, 2.75) is 32.0 Å². The lowest BCUT2D eigenvalue weighted by Crippen LogP contribution is -2.37. The normalized spacial score (nSPS) is 12.9. The van der Waals surface area contributed by atoms with Gasteiger partial charge in [0.2, 0.25) is 0 Å². The van der Waals surface area contributed by atoms with Gasteiger partial charge in [0.05, 0.1) is 12.3 Å². The van der Waals surface area contributed by atoms with Gasteiger partial charge in [0.25, 0.3) is 0 Å². The molecule has 1 aromatic rings. The summed E-state index contributed by atoms with van der Waals surface area (Å²) in [6.07, 6.45) is -3.08. The molecule has 2 nitrogen and oxygen atoms in total. The van der Waals surface area contributed by atoms with Gasteiger partial charge in [0, 0.05) is 6.20 Å². The average Bonchev–Trinajstić information content (AvgIpc) is 2.16. The first-order chi connectivity index (χ1) is 6.79. The molecule has 0 aliphatic heterocycles. The van der Waals surface area contributed by atoms with Crippen LogP contribution in [0.5, 0.6) is 0 Å². The molecule has 0 spiro atoms. The zero-order valence-electron chi connectivity index (χ0n) is 8.47. The van der Waals surface area contributed by atoms with Crippen LogP contribution in [-0.2, 0) is 12.0 Å². The highest BCUT2D eigenvalue weighted by Crippen LogP contribution is 2.39. The predicted molar refractivity (Wildman–Crippen MR) is 49.2 cm³/mol. The fourth-order valence-electron chi connectivity index (χ4n) is 1.06. The average molecular weight is 219 g/mol. The lowest BCUT2D eigenvalue weighted by atomic mass is 9.87. The van der Waals surface area contributed by atoms with Crippen LogP contribution in [0, 0.1) is 0 Å². The first-order valence-electron chi connectivity index (χ1n) is 4.42. The molecule has 0 fully saturated rings. The minimum absolute atomic E-state index is 0.0819. The summed E-state index contributed by atoms with van der Waals surface area (Å²) in [5, 5.41) is 8.82. The van der Waals surface area contributed by atoms with Crippen LogP contribution in [0.15, 0.2) is 18.3 Å². The minimum Gasteiger partial charge on any atom is -0.392 e. The highest BCUT2D eigenvalue weighted by atomic mass is 19.4. The summed E-state index contributed by atoms with van der Waals surface area (Å²) in [6.45, 7) is 1.84. The third kappa shape index (κ3) is 2.28. The molecule has 1 rings (SSSR count). The second-order valence-corrected chi connectivity index (χ2v) is 3.83. The fourth-order valence-corrected chi connectivity index (χ4v) is 1.06. The summed E-state index contributed by atoms with van der Waals surface area (Å²) < 4.78 is 38.0. The largest absolute Gasteiger partial charge is 0.399 e. The lowest BCUT2D eigenvalue weighted by molar-refractivity contribution is -0.181. The Kier molecular flexibility index (Phi) is 3.04. The summed E-state index contributed by atoms with van der Waals surface area (Å²) in [5.41, 5.74) is -1.66. The van der Waals surface area contributed by atoms with Gasteiger partial charge < -0.3 is 5.11 Å². The molecule has 0 aliphatic carbocycles. The third-order valence-corrected chi connectivity index (χ3v) is 2.36. The van der Waals surface area contributed by atoms with Crippen LogP contribution in [0.1, 0.15) is 25.1 Å². The van der Waals surface area contributed by atoms with Crippen molar-refractivity contribution in [2.75, 3.05) is 0 Å². The maximum atomic E-state index is 12.7. The minimum atomic E-state index is -4.35. The number of halogens is 3. The van der Waals surface area contributed by atoms with E-state index in [1.54, 1.807) is 0 Å². The van der Waals surface area contributed by atoms with Gasteiger partial charge in [0.15, 0.2) is 0 Å². The van der Waals surface area contributed by atoms with Crippen LogP contribution in [-0.4, -0.2) is 16.3 Å². The van der Waals surface area contributed by atoms with Gasteiger partial charge in [-0.3, -0.25) is 4.98 Å². The van der Waals surface area contributed by atoms with Crippen molar-refractivity contribution in [3.63, 3.8) is 0 Å². The number of hydrogen-bond donors (Lipinski definition) is 1. The molecular formula is C10H12F3NO. The number of alkyl halides is 3. The summed E-state index contributed by atoms with van der Waals surface area (Å²) >= 11 is 0. The Labute approximate surface area is 85.8 Å². The van der Waals surface area contributed by atoms with E-state index < -0.39 is 11.6 Å². The molecule has 0 radical (unpaired) electrons. The van der Waals surface area contributed by atoms with Crippen LogP contribution in [0.4, 0.5) is 13.2 Å². The summed E-state index contributed by atoms with van der Waals surface area (Å²) in [7, 11) is 0. The van der Waals surface area contributed by atoms with Crippen LogP contribution in [0.2, 0.25) is 0 Å². The number of nitrogens with zero attached hydrogens (tertiary/aromatic N) is 1. The van der Waals surface area contributed by atoms with E-state index >= 15 is 0 Å². The van der Waals surface area contributed by atoms with Gasteiger partial charge in [-0.1, -0.05) is 0 Å². The number of aliphatic hydroxyl groups is 1. The Hall–Kier alpha value is -1.10. The van der Waals surface area contributed by atoms with Crippen molar-refractivity contribution in [1.29, 1.82) is 0 Å². The van der Waals surface area contributed by atoms with Crippen molar-refractivity contribution in [3.05, 3.63) is 29.6 Å². The predicted octanol–water partition coefficient (Wildman–Crippen LogP) is 2.41. The maximum absolute atomic E-state index is 12.7. The van der Waals surface area contributed by atoms with Crippen molar-refractivity contribution >= 4 is 0 Å². The second-order valence-electron chi connectivity index (χ2n) is 3.83. The van der Waals surface area contributed by atoms with E-state index in [1.807, 2.05) is 0 Å². The van der Waals surface area contributed by atoms with E-state index in [0.717, 1.165) is 13.8 Å². The quantitative estimate of drug-likeness (QED) is 0.828. The first kappa shape index (κ1) is 12.0. The Balaban J connectivity index is 3.15. The van der Waals surface area contributed by atoms with Crippen molar-refractivity contribution in [3.8, 4) is 0 Å². The van der Waals surface area contributed by atoms with E-state index in [4.69, 9.17) is 5.11 Å². The lowest BCUT2D eigenvalue weighted by Gasteiger charge is -2.27. The van der Waals surface area contributed by atoms with Gasteiger partial charge >= 0.3 is 6.18 Å². The van der Waals surface area contributed by atoms with E-state index in [-0.39, 0.29) is 12.3 Å². The highest BCUT2D eigenvalue weighted by Gasteiger charge is 2.49. The second kappa shape index (κ2) is 3.81. The van der Waals surface area contributed by atoms with Crippen molar-refractivity contribution in [2.24, 2.45) is 0 Å². The molecule has 5 heteroatoms. The van der Waals surface area contributed by atoms with Crippen LogP contribution in [0.3, 0.4) is 0 Å². The molecule has 84 valence electrons. The van der Waals surface area contributed by atoms with E-state index in [1.165, 1.54) is 18.3 Å². The number of aromatic nitrogens is 1. The van der Waals surface area contributed by atoms with Gasteiger partial charge in [-0.05, 0) is 31.5 Å². The molecule has 0 saturated heterocycles. The number of pyridine rings is 1. The summed E-state index contributed by atoms with van der Waals surface area (Å²) in [4.78, 5) is 3.69. The fraction of sp³-hybridized carbons (Fsp3) is 0.500. The molecular weight excluding hydrogens is 207 g/mol. The Morgan fingerprint density at radius 1 is 1.33 bits per heavy atom. The topological polar surface area (TPSA) is 33.1 Å². The highest BCUT2D eigenvalue weighted by molar-refractivity contribution is 5.23. The van der Waals surface area contributed by atoms with Gasteiger partial charge in [-0.25, -0.2) is 0 Å².